The number of allylic oxidation sites excluding steroid dienone is 1. The predicted octanol–water partition coefficient (Wildman–Crippen LogP) is 2.81. The Morgan fingerprint density at radius 2 is 2.00 bits per heavy atom. The molecule has 1 aliphatic rings. The maximum Gasteiger partial charge on any atom is 0.118 e. The third kappa shape index (κ3) is 2.86. The van der Waals surface area contributed by atoms with Gasteiger partial charge in [-0.15, -0.1) is 0 Å². The molecule has 1 aromatic rings. The fourth-order valence-electron chi connectivity index (χ4n) is 1.40. The highest BCUT2D eigenvalue weighted by Crippen LogP contribution is 2.23. The van der Waals surface area contributed by atoms with Crippen molar-refractivity contribution in [1.29, 1.82) is 0 Å². The molecule has 1 aliphatic heterocycles. The molecule has 0 unspecified atom stereocenters. The lowest BCUT2D eigenvalue weighted by Gasteiger charge is -2.04. The van der Waals surface area contributed by atoms with Crippen molar-refractivity contribution in [3.8, 4) is 0 Å². The molecular formula is C12H14N2S. The van der Waals surface area contributed by atoms with Crippen LogP contribution in [-0.2, 0) is 0 Å². The van der Waals surface area contributed by atoms with E-state index in [-0.39, 0.29) is 0 Å². The highest BCUT2D eigenvalue weighted by atomic mass is 32.2. The van der Waals surface area contributed by atoms with Gasteiger partial charge >= 0.3 is 0 Å². The first-order chi connectivity index (χ1) is 7.36. The molecule has 0 saturated heterocycles. The predicted molar refractivity (Wildman–Crippen MR) is 66.1 cm³/mol. The normalized spacial score (nSPS) is 16.5. The minimum Gasteiger partial charge on any atom is -0.397 e. The Balaban J connectivity index is 2.14. The van der Waals surface area contributed by atoms with E-state index in [1.165, 1.54) is 4.90 Å². The summed E-state index contributed by atoms with van der Waals surface area (Å²) in [5.41, 5.74) is 6.76. The smallest absolute Gasteiger partial charge is 0.118 e. The van der Waals surface area contributed by atoms with Gasteiger partial charge < -0.3 is 5.73 Å². The SMILES string of the molecule is NC1=CCCCN=C1Sc1ccccc1. The molecule has 2 N–H and O–H groups in total. The van der Waals surface area contributed by atoms with Gasteiger partial charge in [-0.05, 0) is 25.0 Å². The van der Waals surface area contributed by atoms with E-state index in [4.69, 9.17) is 5.73 Å². The summed E-state index contributed by atoms with van der Waals surface area (Å²) >= 11 is 1.64. The number of nitrogens with two attached hydrogens (primary N) is 1. The van der Waals surface area contributed by atoms with Crippen LogP contribution in [0.3, 0.4) is 0 Å². The van der Waals surface area contributed by atoms with E-state index in [1.54, 1.807) is 11.8 Å². The van der Waals surface area contributed by atoms with E-state index < -0.39 is 0 Å². The number of aliphatic imine (C=N–C) groups is 1. The first-order valence-electron chi connectivity index (χ1n) is 5.09. The van der Waals surface area contributed by atoms with E-state index in [0.29, 0.717) is 0 Å². The average Bonchev–Trinajstić information content (AvgIpc) is 2.46. The van der Waals surface area contributed by atoms with Crippen LogP contribution in [0.1, 0.15) is 12.8 Å². The van der Waals surface area contributed by atoms with Crippen molar-refractivity contribution in [1.82, 2.24) is 0 Å². The van der Waals surface area contributed by atoms with Crippen LogP contribution in [0.25, 0.3) is 0 Å². The van der Waals surface area contributed by atoms with Crippen LogP contribution >= 0.6 is 11.8 Å². The summed E-state index contributed by atoms with van der Waals surface area (Å²) in [5, 5.41) is 0.957. The van der Waals surface area contributed by atoms with Gasteiger partial charge in [0.15, 0.2) is 0 Å². The van der Waals surface area contributed by atoms with Crippen molar-refractivity contribution in [2.24, 2.45) is 10.7 Å². The lowest BCUT2D eigenvalue weighted by molar-refractivity contribution is 0.865. The van der Waals surface area contributed by atoms with Gasteiger partial charge in [0.25, 0.3) is 0 Å². The Labute approximate surface area is 94.3 Å². The number of rotatable bonds is 1. The summed E-state index contributed by atoms with van der Waals surface area (Å²) in [6.45, 7) is 0.881. The van der Waals surface area contributed by atoms with Gasteiger partial charge in [0.2, 0.25) is 0 Å². The van der Waals surface area contributed by atoms with Crippen LogP contribution in [0, 0.1) is 0 Å². The van der Waals surface area contributed by atoms with Crippen molar-refractivity contribution in [3.05, 3.63) is 42.1 Å². The molecule has 0 fully saturated rings. The monoisotopic (exact) mass is 218 g/mol. The summed E-state index contributed by atoms with van der Waals surface area (Å²) in [6.07, 6.45) is 4.20. The Kier molecular flexibility index (Phi) is 3.45. The topological polar surface area (TPSA) is 38.4 Å². The highest BCUT2D eigenvalue weighted by Gasteiger charge is 2.07. The van der Waals surface area contributed by atoms with E-state index in [1.807, 2.05) is 18.2 Å². The quantitative estimate of drug-likeness (QED) is 0.787. The summed E-state index contributed by atoms with van der Waals surface area (Å²) in [7, 11) is 0. The van der Waals surface area contributed by atoms with Crippen LogP contribution in [0.15, 0.2) is 52.0 Å². The Morgan fingerprint density at radius 3 is 2.80 bits per heavy atom. The van der Waals surface area contributed by atoms with Gasteiger partial charge in [0, 0.05) is 11.4 Å². The zero-order chi connectivity index (χ0) is 10.5. The van der Waals surface area contributed by atoms with Gasteiger partial charge in [-0.2, -0.15) is 0 Å². The second kappa shape index (κ2) is 5.03. The third-order valence-electron chi connectivity index (χ3n) is 2.19. The van der Waals surface area contributed by atoms with Crippen molar-refractivity contribution in [2.75, 3.05) is 6.54 Å². The van der Waals surface area contributed by atoms with Gasteiger partial charge in [0.05, 0.1) is 5.70 Å². The molecule has 1 heterocycles. The molecule has 0 bridgehead atoms. The minimum absolute atomic E-state index is 0.821. The molecule has 0 spiro atoms. The molecule has 0 saturated carbocycles. The molecule has 3 heteroatoms. The highest BCUT2D eigenvalue weighted by molar-refractivity contribution is 8.14. The molecule has 0 amide bonds. The van der Waals surface area contributed by atoms with Crippen LogP contribution in [0.5, 0.6) is 0 Å². The Hall–Kier alpha value is -1.22. The number of thioether (sulfide) groups is 1. The third-order valence-corrected chi connectivity index (χ3v) is 3.25. The second-order valence-electron chi connectivity index (χ2n) is 3.40. The lowest BCUT2D eigenvalue weighted by atomic mass is 10.3. The van der Waals surface area contributed by atoms with Crippen molar-refractivity contribution < 1.29 is 0 Å². The second-order valence-corrected chi connectivity index (χ2v) is 4.47. The van der Waals surface area contributed by atoms with E-state index >= 15 is 0 Å². The summed E-state index contributed by atoms with van der Waals surface area (Å²) in [6, 6.07) is 10.2. The Bertz CT molecular complexity index is 382. The summed E-state index contributed by atoms with van der Waals surface area (Å²) in [5.74, 6) is 0. The van der Waals surface area contributed by atoms with E-state index in [0.717, 1.165) is 30.1 Å². The number of hydrogen-bond donors (Lipinski definition) is 1. The first kappa shape index (κ1) is 10.3. The molecular weight excluding hydrogens is 204 g/mol. The fourth-order valence-corrected chi connectivity index (χ4v) is 2.27. The standard InChI is InChI=1S/C12H14N2S/c13-11-8-4-5-9-14-12(11)15-10-6-2-1-3-7-10/h1-3,6-8H,4-5,9,13H2. The molecule has 0 atom stereocenters. The number of hydrogen-bond acceptors (Lipinski definition) is 3. The molecule has 0 aliphatic carbocycles. The lowest BCUT2D eigenvalue weighted by Crippen LogP contribution is -2.07. The average molecular weight is 218 g/mol. The zero-order valence-electron chi connectivity index (χ0n) is 8.52. The van der Waals surface area contributed by atoms with Gasteiger partial charge in [-0.3, -0.25) is 4.99 Å². The van der Waals surface area contributed by atoms with Gasteiger partial charge in [-0.25, -0.2) is 0 Å². The molecule has 78 valence electrons. The summed E-state index contributed by atoms with van der Waals surface area (Å²) < 4.78 is 0. The van der Waals surface area contributed by atoms with E-state index in [9.17, 15) is 0 Å². The molecule has 0 radical (unpaired) electrons. The number of nitrogens with zero attached hydrogens (tertiary/aromatic N) is 1. The van der Waals surface area contributed by atoms with Crippen LogP contribution in [0.2, 0.25) is 0 Å². The molecule has 1 aromatic carbocycles. The first-order valence-corrected chi connectivity index (χ1v) is 5.91. The largest absolute Gasteiger partial charge is 0.397 e. The summed E-state index contributed by atoms with van der Waals surface area (Å²) in [4.78, 5) is 5.68. The Morgan fingerprint density at radius 1 is 1.20 bits per heavy atom. The van der Waals surface area contributed by atoms with Crippen LogP contribution < -0.4 is 5.73 Å². The molecule has 0 aromatic heterocycles. The molecule has 2 rings (SSSR count). The van der Waals surface area contributed by atoms with E-state index in [2.05, 4.69) is 23.2 Å². The maximum atomic E-state index is 5.94. The zero-order valence-corrected chi connectivity index (χ0v) is 9.33. The van der Waals surface area contributed by atoms with Crippen molar-refractivity contribution in [3.63, 3.8) is 0 Å². The fraction of sp³-hybridized carbons (Fsp3) is 0.250. The maximum absolute atomic E-state index is 5.94. The van der Waals surface area contributed by atoms with Crippen LogP contribution in [0.4, 0.5) is 0 Å². The van der Waals surface area contributed by atoms with Gasteiger partial charge in [-0.1, -0.05) is 36.0 Å². The van der Waals surface area contributed by atoms with Crippen molar-refractivity contribution >= 4 is 16.8 Å². The van der Waals surface area contributed by atoms with Crippen molar-refractivity contribution in [2.45, 2.75) is 17.7 Å². The van der Waals surface area contributed by atoms with Gasteiger partial charge in [0.1, 0.15) is 5.04 Å². The molecule has 2 nitrogen and oxygen atoms in total. The number of benzene rings is 1. The molecule has 15 heavy (non-hydrogen) atoms. The minimum atomic E-state index is 0.821. The van der Waals surface area contributed by atoms with Crippen LogP contribution in [-0.4, -0.2) is 11.6 Å².